The smallest absolute Gasteiger partial charge is 0.254 e. The lowest BCUT2D eigenvalue weighted by Gasteiger charge is -2.22. The van der Waals surface area contributed by atoms with Crippen molar-refractivity contribution in [2.75, 3.05) is 32.1 Å². The van der Waals surface area contributed by atoms with Gasteiger partial charge in [-0.2, -0.15) is 0 Å². The van der Waals surface area contributed by atoms with Crippen LogP contribution in [0.25, 0.3) is 0 Å². The van der Waals surface area contributed by atoms with E-state index in [1.165, 1.54) is 0 Å². The zero-order chi connectivity index (χ0) is 12.1. The van der Waals surface area contributed by atoms with Gasteiger partial charge < -0.3 is 20.1 Å². The van der Waals surface area contributed by atoms with Crippen LogP contribution in [-0.2, 0) is 9.53 Å². The number of nitrogens with zero attached hydrogens (tertiary/aromatic N) is 1. The van der Waals surface area contributed by atoms with Crippen LogP contribution in [0.3, 0.4) is 0 Å². The first kappa shape index (κ1) is 11.8. The molecule has 1 unspecified atom stereocenters. The van der Waals surface area contributed by atoms with Crippen LogP contribution in [-0.4, -0.2) is 43.8 Å². The number of nitrogens with one attached hydrogen (secondary N) is 2. The third-order valence-corrected chi connectivity index (χ3v) is 2.43. The second kappa shape index (κ2) is 5.60. The molecule has 2 N–H and O–H groups in total. The maximum atomic E-state index is 11.8. The number of rotatable bonds is 3. The molecule has 17 heavy (non-hydrogen) atoms. The Labute approximate surface area is 99.3 Å². The number of methoxy groups -OCH3 is 1. The molecule has 1 aromatic rings. The molecule has 1 aliphatic heterocycles. The SMILES string of the molecule is COc1ccc(NC(=O)C2CNCCO2)cn1. The summed E-state index contributed by atoms with van der Waals surface area (Å²) in [5.74, 6) is 0.350. The quantitative estimate of drug-likeness (QED) is 0.775. The van der Waals surface area contributed by atoms with Crippen molar-refractivity contribution < 1.29 is 14.3 Å². The summed E-state index contributed by atoms with van der Waals surface area (Å²) < 4.78 is 10.3. The number of anilines is 1. The Balaban J connectivity index is 1.92. The maximum absolute atomic E-state index is 11.8. The van der Waals surface area contributed by atoms with Crippen molar-refractivity contribution in [2.24, 2.45) is 0 Å². The zero-order valence-corrected chi connectivity index (χ0v) is 9.60. The van der Waals surface area contributed by atoms with E-state index in [4.69, 9.17) is 9.47 Å². The Bertz CT molecular complexity index is 374. The molecule has 6 nitrogen and oxygen atoms in total. The van der Waals surface area contributed by atoms with Crippen LogP contribution in [0.2, 0.25) is 0 Å². The van der Waals surface area contributed by atoms with Crippen LogP contribution in [0.1, 0.15) is 0 Å². The maximum Gasteiger partial charge on any atom is 0.254 e. The summed E-state index contributed by atoms with van der Waals surface area (Å²) in [5.41, 5.74) is 0.630. The molecule has 2 heterocycles. The van der Waals surface area contributed by atoms with Crippen LogP contribution < -0.4 is 15.4 Å². The summed E-state index contributed by atoms with van der Waals surface area (Å²) in [6.07, 6.45) is 1.11. The van der Waals surface area contributed by atoms with Crippen molar-refractivity contribution in [3.05, 3.63) is 18.3 Å². The van der Waals surface area contributed by atoms with Gasteiger partial charge in [0.15, 0.2) is 0 Å². The molecular weight excluding hydrogens is 222 g/mol. The highest BCUT2D eigenvalue weighted by molar-refractivity contribution is 5.94. The van der Waals surface area contributed by atoms with Gasteiger partial charge in [0.1, 0.15) is 6.10 Å². The highest BCUT2D eigenvalue weighted by Gasteiger charge is 2.21. The average Bonchev–Trinajstić information content (AvgIpc) is 2.40. The summed E-state index contributed by atoms with van der Waals surface area (Å²) in [6.45, 7) is 1.88. The van der Waals surface area contributed by atoms with Crippen molar-refractivity contribution in [1.29, 1.82) is 0 Å². The fraction of sp³-hybridized carbons (Fsp3) is 0.455. The molecular formula is C11H15N3O3. The first-order valence-electron chi connectivity index (χ1n) is 5.43. The number of hydrogen-bond donors (Lipinski definition) is 2. The summed E-state index contributed by atoms with van der Waals surface area (Å²) in [5, 5.41) is 5.84. The Hall–Kier alpha value is -1.66. The molecule has 1 atom stereocenters. The van der Waals surface area contributed by atoms with Crippen LogP contribution in [0, 0.1) is 0 Å². The van der Waals surface area contributed by atoms with Gasteiger partial charge in [0.05, 0.1) is 25.6 Å². The first-order chi connectivity index (χ1) is 8.29. The van der Waals surface area contributed by atoms with Crippen LogP contribution in [0.15, 0.2) is 18.3 Å². The lowest BCUT2D eigenvalue weighted by Crippen LogP contribution is -2.45. The Kier molecular flexibility index (Phi) is 3.89. The molecule has 1 amide bonds. The summed E-state index contributed by atoms with van der Waals surface area (Å²) in [4.78, 5) is 15.8. The first-order valence-corrected chi connectivity index (χ1v) is 5.43. The number of amides is 1. The molecule has 0 aromatic carbocycles. The standard InChI is InChI=1S/C11H15N3O3/c1-16-10-3-2-8(6-13-10)14-11(15)9-7-12-4-5-17-9/h2-3,6,9,12H,4-5,7H2,1H3,(H,14,15). The summed E-state index contributed by atoms with van der Waals surface area (Å²) in [7, 11) is 1.54. The van der Waals surface area contributed by atoms with Gasteiger partial charge in [-0.1, -0.05) is 0 Å². The van der Waals surface area contributed by atoms with E-state index in [0.717, 1.165) is 6.54 Å². The fourth-order valence-electron chi connectivity index (χ4n) is 1.53. The van der Waals surface area contributed by atoms with Crippen LogP contribution in [0.5, 0.6) is 5.88 Å². The molecule has 0 radical (unpaired) electrons. The van der Waals surface area contributed by atoms with E-state index in [-0.39, 0.29) is 5.91 Å². The molecule has 1 fully saturated rings. The van der Waals surface area contributed by atoms with Crippen molar-refractivity contribution >= 4 is 11.6 Å². The number of carbonyl (C=O) groups is 1. The van der Waals surface area contributed by atoms with Crippen molar-refractivity contribution in [3.8, 4) is 5.88 Å². The lowest BCUT2D eigenvalue weighted by molar-refractivity contribution is -0.128. The van der Waals surface area contributed by atoms with E-state index in [9.17, 15) is 4.79 Å². The molecule has 1 aliphatic rings. The largest absolute Gasteiger partial charge is 0.481 e. The average molecular weight is 237 g/mol. The Morgan fingerprint density at radius 2 is 2.53 bits per heavy atom. The van der Waals surface area contributed by atoms with Crippen molar-refractivity contribution in [3.63, 3.8) is 0 Å². The minimum atomic E-state index is -0.439. The molecule has 0 spiro atoms. The Morgan fingerprint density at radius 1 is 1.65 bits per heavy atom. The summed E-state index contributed by atoms with van der Waals surface area (Å²) in [6, 6.07) is 3.43. The molecule has 6 heteroatoms. The second-order valence-corrected chi connectivity index (χ2v) is 3.64. The third kappa shape index (κ3) is 3.15. The van der Waals surface area contributed by atoms with Gasteiger partial charge in [-0.05, 0) is 6.07 Å². The minimum absolute atomic E-state index is 0.163. The van der Waals surface area contributed by atoms with E-state index >= 15 is 0 Å². The van der Waals surface area contributed by atoms with Crippen LogP contribution in [0.4, 0.5) is 5.69 Å². The van der Waals surface area contributed by atoms with E-state index in [1.807, 2.05) is 0 Å². The zero-order valence-electron chi connectivity index (χ0n) is 9.60. The topological polar surface area (TPSA) is 72.5 Å². The number of hydrogen-bond acceptors (Lipinski definition) is 5. The highest BCUT2D eigenvalue weighted by Crippen LogP contribution is 2.11. The predicted octanol–water partition coefficient (Wildman–Crippen LogP) is 0.0171. The van der Waals surface area contributed by atoms with Gasteiger partial charge in [-0.25, -0.2) is 4.98 Å². The molecule has 0 bridgehead atoms. The Morgan fingerprint density at radius 3 is 3.12 bits per heavy atom. The lowest BCUT2D eigenvalue weighted by atomic mass is 10.3. The molecule has 1 aromatic heterocycles. The number of ether oxygens (including phenoxy) is 2. The molecule has 0 aliphatic carbocycles. The van der Waals surface area contributed by atoms with Gasteiger partial charge in [-0.3, -0.25) is 4.79 Å². The van der Waals surface area contributed by atoms with Gasteiger partial charge in [0.2, 0.25) is 5.88 Å². The van der Waals surface area contributed by atoms with Crippen molar-refractivity contribution in [2.45, 2.75) is 6.10 Å². The predicted molar refractivity (Wildman–Crippen MR) is 62.0 cm³/mol. The van der Waals surface area contributed by atoms with E-state index < -0.39 is 6.10 Å². The van der Waals surface area contributed by atoms with Gasteiger partial charge in [0.25, 0.3) is 5.91 Å². The van der Waals surface area contributed by atoms with E-state index in [2.05, 4.69) is 15.6 Å². The van der Waals surface area contributed by atoms with Gasteiger partial charge >= 0.3 is 0 Å². The van der Waals surface area contributed by atoms with Crippen molar-refractivity contribution in [1.82, 2.24) is 10.3 Å². The molecule has 0 saturated carbocycles. The number of pyridine rings is 1. The molecule has 92 valence electrons. The molecule has 1 saturated heterocycles. The van der Waals surface area contributed by atoms with Gasteiger partial charge in [0, 0.05) is 19.2 Å². The second-order valence-electron chi connectivity index (χ2n) is 3.64. The normalized spacial score (nSPS) is 19.7. The summed E-state index contributed by atoms with van der Waals surface area (Å²) >= 11 is 0. The number of carbonyl (C=O) groups excluding carboxylic acids is 1. The molecule has 2 rings (SSSR count). The van der Waals surface area contributed by atoms with E-state index in [1.54, 1.807) is 25.4 Å². The fourth-order valence-corrected chi connectivity index (χ4v) is 1.53. The minimum Gasteiger partial charge on any atom is -0.481 e. The highest BCUT2D eigenvalue weighted by atomic mass is 16.5. The number of morpholine rings is 1. The van der Waals surface area contributed by atoms with Gasteiger partial charge in [-0.15, -0.1) is 0 Å². The van der Waals surface area contributed by atoms with Crippen LogP contribution >= 0.6 is 0 Å². The number of aromatic nitrogens is 1. The monoisotopic (exact) mass is 237 g/mol. The van der Waals surface area contributed by atoms with E-state index in [0.29, 0.717) is 24.7 Å². The third-order valence-electron chi connectivity index (χ3n) is 2.43.